The van der Waals surface area contributed by atoms with Crippen LogP contribution in [-0.2, 0) is 6.54 Å². The third kappa shape index (κ3) is 3.75. The number of carbonyl (C=O) groups excluding carboxylic acids is 1. The molecule has 0 radical (unpaired) electrons. The molecule has 2 aromatic carbocycles. The summed E-state index contributed by atoms with van der Waals surface area (Å²) in [4.78, 5) is 20.5. The van der Waals surface area contributed by atoms with E-state index in [0.717, 1.165) is 27.3 Å². The Morgan fingerprint density at radius 1 is 1.03 bits per heavy atom. The average Bonchev–Trinajstić information content (AvgIpc) is 3.50. The number of carbonyl (C=O) groups is 1. The van der Waals surface area contributed by atoms with Crippen molar-refractivity contribution in [3.8, 4) is 11.4 Å². The molecule has 2 aromatic heterocycles. The Bertz CT molecular complexity index is 1220. The summed E-state index contributed by atoms with van der Waals surface area (Å²) in [6, 6.07) is 23.0. The molecule has 1 atom stereocenters. The fourth-order valence-electron chi connectivity index (χ4n) is 3.74. The Labute approximate surface area is 183 Å². The predicted octanol–water partition coefficient (Wildman–Crippen LogP) is 5.50. The van der Waals surface area contributed by atoms with Gasteiger partial charge in [-0.2, -0.15) is 4.98 Å². The van der Waals surface area contributed by atoms with Gasteiger partial charge in [-0.25, -0.2) is 4.79 Å². The number of amides is 2. The second-order valence-electron chi connectivity index (χ2n) is 7.25. The van der Waals surface area contributed by atoms with Crippen molar-refractivity contribution in [2.45, 2.75) is 19.5 Å². The van der Waals surface area contributed by atoms with Crippen molar-refractivity contribution < 1.29 is 9.32 Å². The number of rotatable bonds is 5. The predicted molar refractivity (Wildman–Crippen MR) is 120 cm³/mol. The highest BCUT2D eigenvalue weighted by Gasteiger charge is 2.35. The topological polar surface area (TPSA) is 71.3 Å². The average molecular weight is 429 g/mol. The van der Waals surface area contributed by atoms with Crippen LogP contribution in [0.2, 0.25) is 0 Å². The first-order chi connectivity index (χ1) is 15.2. The standard InChI is InChI=1S/C24H20N4O2S/c1-16-20(23-26-22(27-30-23)18-11-6-3-7-12-18)21(17-9-4-2-5-10-17)25-24(29)28(16)15-19-13-8-14-31-19/h2-14,21H,15H2,1H3,(H,25,29). The molecule has 2 amide bonds. The number of hydrogen-bond donors (Lipinski definition) is 1. The van der Waals surface area contributed by atoms with Crippen molar-refractivity contribution in [1.82, 2.24) is 20.4 Å². The molecule has 5 rings (SSSR count). The summed E-state index contributed by atoms with van der Waals surface area (Å²) < 4.78 is 5.71. The summed E-state index contributed by atoms with van der Waals surface area (Å²) in [6.07, 6.45) is 0. The summed E-state index contributed by atoms with van der Waals surface area (Å²) >= 11 is 1.62. The van der Waals surface area contributed by atoms with Crippen molar-refractivity contribution in [2.24, 2.45) is 0 Å². The minimum atomic E-state index is -0.377. The fraction of sp³-hybridized carbons (Fsp3) is 0.125. The van der Waals surface area contributed by atoms with Crippen molar-refractivity contribution in [1.29, 1.82) is 0 Å². The molecule has 1 aliphatic heterocycles. The van der Waals surface area contributed by atoms with Crippen molar-refractivity contribution in [3.63, 3.8) is 0 Å². The van der Waals surface area contributed by atoms with Gasteiger partial charge in [0.05, 0.1) is 18.2 Å². The SMILES string of the molecule is CC1=C(c2nc(-c3ccccc3)no2)C(c2ccccc2)NC(=O)N1Cc1cccs1. The lowest BCUT2D eigenvalue weighted by Crippen LogP contribution is -2.45. The van der Waals surface area contributed by atoms with Crippen LogP contribution in [0.5, 0.6) is 0 Å². The zero-order valence-corrected chi connectivity index (χ0v) is 17.7. The van der Waals surface area contributed by atoms with Crippen molar-refractivity contribution in [2.75, 3.05) is 0 Å². The second kappa shape index (κ2) is 8.20. The lowest BCUT2D eigenvalue weighted by molar-refractivity contribution is 0.203. The van der Waals surface area contributed by atoms with Crippen molar-refractivity contribution in [3.05, 3.63) is 100 Å². The Hall–Kier alpha value is -3.71. The summed E-state index contributed by atoms with van der Waals surface area (Å²) in [7, 11) is 0. The molecule has 1 unspecified atom stereocenters. The highest BCUT2D eigenvalue weighted by atomic mass is 32.1. The Balaban J connectivity index is 1.60. The largest absolute Gasteiger partial charge is 0.334 e. The molecule has 0 saturated carbocycles. The molecule has 4 aromatic rings. The smallest absolute Gasteiger partial charge is 0.322 e. The van der Waals surface area contributed by atoms with Crippen LogP contribution in [0.1, 0.15) is 29.3 Å². The van der Waals surface area contributed by atoms with Crippen LogP contribution in [0.25, 0.3) is 17.0 Å². The second-order valence-corrected chi connectivity index (χ2v) is 8.28. The molecule has 0 bridgehead atoms. The molecular formula is C24H20N4O2S. The van der Waals surface area contributed by atoms with E-state index in [1.165, 1.54) is 0 Å². The van der Waals surface area contributed by atoms with Gasteiger partial charge in [-0.1, -0.05) is 71.9 Å². The number of nitrogens with zero attached hydrogens (tertiary/aromatic N) is 3. The summed E-state index contributed by atoms with van der Waals surface area (Å²) in [5, 5.41) is 9.33. The van der Waals surface area contributed by atoms with Crippen LogP contribution >= 0.6 is 11.3 Å². The molecule has 7 heteroatoms. The molecule has 6 nitrogen and oxygen atoms in total. The van der Waals surface area contributed by atoms with Crippen LogP contribution in [0.3, 0.4) is 0 Å². The van der Waals surface area contributed by atoms with E-state index in [4.69, 9.17) is 4.52 Å². The molecule has 154 valence electrons. The number of benzene rings is 2. The molecule has 0 fully saturated rings. The Morgan fingerprint density at radius 3 is 2.48 bits per heavy atom. The summed E-state index contributed by atoms with van der Waals surface area (Å²) in [5.41, 5.74) is 3.44. The Morgan fingerprint density at radius 2 is 1.77 bits per heavy atom. The lowest BCUT2D eigenvalue weighted by atomic mass is 9.94. The van der Waals surface area contributed by atoms with Gasteiger partial charge in [0, 0.05) is 16.1 Å². The van der Waals surface area contributed by atoms with E-state index in [1.807, 2.05) is 85.1 Å². The number of aromatic nitrogens is 2. The number of urea groups is 1. The van der Waals surface area contributed by atoms with Crippen molar-refractivity contribution >= 4 is 22.9 Å². The molecule has 1 N–H and O–H groups in total. The van der Waals surface area contributed by atoms with E-state index in [1.54, 1.807) is 16.2 Å². The van der Waals surface area contributed by atoms with Gasteiger partial charge >= 0.3 is 6.03 Å². The normalized spacial score (nSPS) is 16.5. The van der Waals surface area contributed by atoms with Gasteiger partial charge in [-0.05, 0) is 23.9 Å². The third-order valence-corrected chi connectivity index (χ3v) is 6.17. The van der Waals surface area contributed by atoms with E-state index < -0.39 is 0 Å². The quantitative estimate of drug-likeness (QED) is 0.456. The minimum Gasteiger partial charge on any atom is -0.334 e. The summed E-state index contributed by atoms with van der Waals surface area (Å²) in [5.74, 6) is 0.922. The third-order valence-electron chi connectivity index (χ3n) is 5.31. The molecule has 31 heavy (non-hydrogen) atoms. The van der Waals surface area contributed by atoms with Crippen LogP contribution in [0.15, 0.2) is 88.4 Å². The number of allylic oxidation sites excluding steroid dienone is 1. The highest BCUT2D eigenvalue weighted by molar-refractivity contribution is 7.09. The zero-order valence-electron chi connectivity index (χ0n) is 16.9. The van der Waals surface area contributed by atoms with E-state index in [9.17, 15) is 4.79 Å². The molecule has 0 saturated heterocycles. The van der Waals surface area contributed by atoms with Crippen LogP contribution in [0.4, 0.5) is 4.79 Å². The first-order valence-corrected chi connectivity index (χ1v) is 10.8. The molecule has 0 aliphatic carbocycles. The van der Waals surface area contributed by atoms with Gasteiger partial charge in [-0.3, -0.25) is 4.90 Å². The first kappa shape index (κ1) is 19.3. The Kier molecular flexibility index (Phi) is 5.09. The minimum absolute atomic E-state index is 0.147. The molecular weight excluding hydrogens is 408 g/mol. The van der Waals surface area contributed by atoms with Gasteiger partial charge in [0.1, 0.15) is 0 Å². The monoisotopic (exact) mass is 428 g/mol. The summed E-state index contributed by atoms with van der Waals surface area (Å²) in [6.45, 7) is 2.42. The molecule has 1 aliphatic rings. The number of thiophene rings is 1. The van der Waals surface area contributed by atoms with E-state index in [-0.39, 0.29) is 12.1 Å². The first-order valence-electron chi connectivity index (χ1n) is 9.96. The van der Waals surface area contributed by atoms with E-state index >= 15 is 0 Å². The van der Waals surface area contributed by atoms with Gasteiger partial charge in [-0.15, -0.1) is 11.3 Å². The maximum absolute atomic E-state index is 13.0. The van der Waals surface area contributed by atoms with Gasteiger partial charge < -0.3 is 9.84 Å². The van der Waals surface area contributed by atoms with Gasteiger partial charge in [0.2, 0.25) is 5.82 Å². The molecule has 0 spiro atoms. The van der Waals surface area contributed by atoms with Gasteiger partial charge in [0.25, 0.3) is 5.89 Å². The maximum atomic E-state index is 13.0. The lowest BCUT2D eigenvalue weighted by Gasteiger charge is -2.35. The fourth-order valence-corrected chi connectivity index (χ4v) is 4.43. The van der Waals surface area contributed by atoms with Gasteiger partial charge in [0.15, 0.2) is 0 Å². The number of nitrogens with one attached hydrogen (secondary N) is 1. The van der Waals surface area contributed by atoms with E-state index in [0.29, 0.717) is 18.3 Å². The highest BCUT2D eigenvalue weighted by Crippen LogP contribution is 2.38. The maximum Gasteiger partial charge on any atom is 0.322 e. The molecule has 3 heterocycles. The number of hydrogen-bond acceptors (Lipinski definition) is 5. The van der Waals surface area contributed by atoms with Crippen LogP contribution in [-0.4, -0.2) is 21.1 Å². The van der Waals surface area contributed by atoms with Crippen LogP contribution in [0, 0.1) is 0 Å². The zero-order chi connectivity index (χ0) is 21.2. The van der Waals surface area contributed by atoms with E-state index in [2.05, 4.69) is 15.5 Å². The van der Waals surface area contributed by atoms with Crippen LogP contribution < -0.4 is 5.32 Å².